The fourth-order valence-corrected chi connectivity index (χ4v) is 1.51. The van der Waals surface area contributed by atoms with E-state index in [1.165, 1.54) is 12.1 Å². The van der Waals surface area contributed by atoms with Crippen molar-refractivity contribution in [3.8, 4) is 0 Å². The summed E-state index contributed by atoms with van der Waals surface area (Å²) in [7, 11) is 0. The molecule has 0 aliphatic carbocycles. The van der Waals surface area contributed by atoms with Gasteiger partial charge in [0.2, 0.25) is 0 Å². The molecule has 0 saturated carbocycles. The molecule has 0 aromatic heterocycles. The number of hydrogen-bond acceptors (Lipinski definition) is 3. The fraction of sp³-hybridized carbons (Fsp3) is 0.538. The number of nitrogens with two attached hydrogens (primary N) is 1. The normalized spacial score (nSPS) is 12.1. The molecule has 0 bridgehead atoms. The summed E-state index contributed by atoms with van der Waals surface area (Å²) in [5.41, 5.74) is 4.78. The molecule has 108 valence electrons. The summed E-state index contributed by atoms with van der Waals surface area (Å²) in [6.07, 6.45) is -4.35. The lowest BCUT2D eigenvalue weighted by Gasteiger charge is -2.14. The molecular formula is C13H18F3NO2. The summed E-state index contributed by atoms with van der Waals surface area (Å²) in [4.78, 5) is 0. The van der Waals surface area contributed by atoms with Gasteiger partial charge in [-0.05, 0) is 31.5 Å². The first kappa shape index (κ1) is 15.8. The topological polar surface area (TPSA) is 44.5 Å². The quantitative estimate of drug-likeness (QED) is 0.641. The summed E-state index contributed by atoms with van der Waals surface area (Å²) in [6, 6.07) is 3.68. The van der Waals surface area contributed by atoms with Crippen LogP contribution in [-0.2, 0) is 22.3 Å². The molecule has 0 fully saturated rings. The average Bonchev–Trinajstić information content (AvgIpc) is 2.28. The van der Waals surface area contributed by atoms with Crippen LogP contribution in [0, 0.1) is 0 Å². The summed E-state index contributed by atoms with van der Waals surface area (Å²) < 4.78 is 48.7. The molecule has 0 saturated heterocycles. The third-order valence-electron chi connectivity index (χ3n) is 2.38. The molecule has 0 amide bonds. The highest BCUT2D eigenvalue weighted by atomic mass is 19.4. The highest BCUT2D eigenvalue weighted by Gasteiger charge is 2.33. The van der Waals surface area contributed by atoms with Crippen molar-refractivity contribution in [2.45, 2.75) is 32.7 Å². The van der Waals surface area contributed by atoms with Crippen molar-refractivity contribution < 1.29 is 22.6 Å². The van der Waals surface area contributed by atoms with Crippen molar-refractivity contribution in [2.24, 2.45) is 0 Å². The van der Waals surface area contributed by atoms with E-state index in [4.69, 9.17) is 15.2 Å². The second-order valence-electron chi connectivity index (χ2n) is 4.39. The average molecular weight is 277 g/mol. The van der Waals surface area contributed by atoms with E-state index in [0.29, 0.717) is 6.61 Å². The third kappa shape index (κ3) is 5.48. The molecule has 0 heterocycles. The summed E-state index contributed by atoms with van der Waals surface area (Å²) in [5, 5.41) is 0. The largest absolute Gasteiger partial charge is 0.416 e. The Bertz CT molecular complexity index is 405. The lowest BCUT2D eigenvalue weighted by molar-refractivity contribution is -0.138. The minimum Gasteiger partial charge on any atom is -0.399 e. The summed E-state index contributed by atoms with van der Waals surface area (Å²) in [6.45, 7) is 4.24. The van der Waals surface area contributed by atoms with Crippen molar-refractivity contribution in [3.63, 3.8) is 0 Å². The minimum atomic E-state index is -4.43. The number of anilines is 1. The molecule has 1 aromatic rings. The molecular weight excluding hydrogens is 259 g/mol. The zero-order valence-corrected chi connectivity index (χ0v) is 11.0. The molecule has 0 unspecified atom stereocenters. The number of hydrogen-bond donors (Lipinski definition) is 1. The Morgan fingerprint density at radius 3 is 2.47 bits per heavy atom. The van der Waals surface area contributed by atoms with Gasteiger partial charge in [0.1, 0.15) is 0 Å². The van der Waals surface area contributed by atoms with Crippen LogP contribution in [0.4, 0.5) is 18.9 Å². The Morgan fingerprint density at radius 2 is 1.89 bits per heavy atom. The first-order valence-corrected chi connectivity index (χ1v) is 5.95. The lowest BCUT2D eigenvalue weighted by atomic mass is 10.1. The first-order chi connectivity index (χ1) is 8.80. The maximum atomic E-state index is 12.8. The van der Waals surface area contributed by atoms with Gasteiger partial charge >= 0.3 is 6.18 Å². The first-order valence-electron chi connectivity index (χ1n) is 5.95. The van der Waals surface area contributed by atoms with Gasteiger partial charge < -0.3 is 15.2 Å². The van der Waals surface area contributed by atoms with Crippen LogP contribution in [-0.4, -0.2) is 19.3 Å². The zero-order valence-electron chi connectivity index (χ0n) is 11.0. The van der Waals surface area contributed by atoms with Crippen LogP contribution < -0.4 is 5.73 Å². The van der Waals surface area contributed by atoms with Crippen LogP contribution in [0.1, 0.15) is 25.0 Å². The molecule has 3 nitrogen and oxygen atoms in total. The molecule has 0 atom stereocenters. The van der Waals surface area contributed by atoms with Gasteiger partial charge in [0.15, 0.2) is 0 Å². The molecule has 1 aromatic carbocycles. The van der Waals surface area contributed by atoms with Crippen LogP contribution in [0.3, 0.4) is 0 Å². The van der Waals surface area contributed by atoms with Crippen LogP contribution in [0.5, 0.6) is 0 Å². The Hall–Kier alpha value is -1.27. The standard InChI is InChI=1S/C13H18F3NO2/c1-9(2)19-6-5-18-8-10-3-4-11(17)7-12(10)13(14,15)16/h3-4,7,9H,5-6,8,17H2,1-2H3. The number of rotatable bonds is 6. The van der Waals surface area contributed by atoms with E-state index in [0.717, 1.165) is 6.07 Å². The van der Waals surface area contributed by atoms with Gasteiger partial charge in [0.05, 0.1) is 31.5 Å². The SMILES string of the molecule is CC(C)OCCOCc1ccc(N)cc1C(F)(F)F. The van der Waals surface area contributed by atoms with E-state index < -0.39 is 11.7 Å². The van der Waals surface area contributed by atoms with Gasteiger partial charge in [-0.3, -0.25) is 0 Å². The van der Waals surface area contributed by atoms with Gasteiger partial charge in [0, 0.05) is 5.69 Å². The van der Waals surface area contributed by atoms with Gasteiger partial charge in [0.25, 0.3) is 0 Å². The van der Waals surface area contributed by atoms with Crippen LogP contribution in [0.2, 0.25) is 0 Å². The van der Waals surface area contributed by atoms with E-state index in [1.807, 2.05) is 13.8 Å². The second kappa shape index (κ2) is 6.77. The van der Waals surface area contributed by atoms with Gasteiger partial charge in [-0.2, -0.15) is 13.2 Å². The number of nitrogen functional groups attached to an aromatic ring is 1. The molecule has 0 aliphatic heterocycles. The second-order valence-corrected chi connectivity index (χ2v) is 4.39. The molecule has 19 heavy (non-hydrogen) atoms. The maximum Gasteiger partial charge on any atom is 0.416 e. The number of benzene rings is 1. The van der Waals surface area contributed by atoms with Crippen molar-refractivity contribution >= 4 is 5.69 Å². The van der Waals surface area contributed by atoms with E-state index in [1.54, 1.807) is 0 Å². The van der Waals surface area contributed by atoms with E-state index >= 15 is 0 Å². The van der Waals surface area contributed by atoms with E-state index in [9.17, 15) is 13.2 Å². The Morgan fingerprint density at radius 1 is 1.21 bits per heavy atom. The van der Waals surface area contributed by atoms with Crippen LogP contribution in [0.15, 0.2) is 18.2 Å². The number of ether oxygens (including phenoxy) is 2. The van der Waals surface area contributed by atoms with Crippen molar-refractivity contribution in [1.82, 2.24) is 0 Å². The number of halogens is 3. The molecule has 0 aliphatic rings. The predicted molar refractivity (Wildman–Crippen MR) is 66.6 cm³/mol. The van der Waals surface area contributed by atoms with Gasteiger partial charge in [-0.25, -0.2) is 0 Å². The lowest BCUT2D eigenvalue weighted by Crippen LogP contribution is -2.13. The highest BCUT2D eigenvalue weighted by molar-refractivity contribution is 5.45. The summed E-state index contributed by atoms with van der Waals surface area (Å²) >= 11 is 0. The Balaban J connectivity index is 2.58. The van der Waals surface area contributed by atoms with Gasteiger partial charge in [-0.1, -0.05) is 6.07 Å². The molecule has 0 radical (unpaired) electrons. The molecule has 6 heteroatoms. The van der Waals surface area contributed by atoms with Crippen molar-refractivity contribution in [2.75, 3.05) is 18.9 Å². The van der Waals surface area contributed by atoms with Crippen molar-refractivity contribution in [3.05, 3.63) is 29.3 Å². The number of alkyl halides is 3. The summed E-state index contributed by atoms with van der Waals surface area (Å²) in [5.74, 6) is 0. The third-order valence-corrected chi connectivity index (χ3v) is 2.38. The Kier molecular flexibility index (Phi) is 5.62. The highest BCUT2D eigenvalue weighted by Crippen LogP contribution is 2.33. The van der Waals surface area contributed by atoms with Crippen LogP contribution >= 0.6 is 0 Å². The predicted octanol–water partition coefficient (Wildman–Crippen LogP) is 3.23. The minimum absolute atomic E-state index is 0.0749. The monoisotopic (exact) mass is 277 g/mol. The van der Waals surface area contributed by atoms with E-state index in [2.05, 4.69) is 0 Å². The van der Waals surface area contributed by atoms with E-state index in [-0.39, 0.29) is 30.6 Å². The molecule has 1 rings (SSSR count). The van der Waals surface area contributed by atoms with Crippen molar-refractivity contribution in [1.29, 1.82) is 0 Å². The smallest absolute Gasteiger partial charge is 0.399 e. The molecule has 2 N–H and O–H groups in total. The van der Waals surface area contributed by atoms with Gasteiger partial charge in [-0.15, -0.1) is 0 Å². The molecule has 0 spiro atoms. The Labute approximate surface area is 110 Å². The van der Waals surface area contributed by atoms with Crippen LogP contribution in [0.25, 0.3) is 0 Å². The zero-order chi connectivity index (χ0) is 14.5. The maximum absolute atomic E-state index is 12.8. The fourth-order valence-electron chi connectivity index (χ4n) is 1.51.